The largest absolute Gasteiger partial charge is 0.485 e. The minimum absolute atomic E-state index is 0.116. The first-order valence-electron chi connectivity index (χ1n) is 10.9. The number of unbranched alkanes of at least 4 members (excludes halogenated alkanes) is 1. The highest BCUT2D eigenvalue weighted by Gasteiger charge is 2.28. The van der Waals surface area contributed by atoms with Crippen LogP contribution in [0.15, 0.2) is 30.3 Å². The van der Waals surface area contributed by atoms with Gasteiger partial charge in [-0.3, -0.25) is 19.3 Å². The van der Waals surface area contributed by atoms with Gasteiger partial charge in [-0.1, -0.05) is 31.0 Å². The Morgan fingerprint density at radius 3 is 2.53 bits per heavy atom. The summed E-state index contributed by atoms with van der Waals surface area (Å²) in [6.45, 7) is 8.13. The number of anilines is 1. The number of hydrogen-bond acceptors (Lipinski definition) is 5. The smallest absolute Gasteiger partial charge is 0.265 e. The molecule has 0 saturated carbocycles. The molecule has 2 aromatic carbocycles. The third-order valence-corrected chi connectivity index (χ3v) is 5.33. The van der Waals surface area contributed by atoms with Crippen molar-refractivity contribution < 1.29 is 23.9 Å². The predicted octanol–water partition coefficient (Wildman–Crippen LogP) is 3.52. The molecule has 1 aliphatic heterocycles. The molecule has 0 saturated heterocycles. The third kappa shape index (κ3) is 5.46. The zero-order valence-corrected chi connectivity index (χ0v) is 19.1. The van der Waals surface area contributed by atoms with Gasteiger partial charge in [-0.05, 0) is 56.5 Å². The maximum atomic E-state index is 12.8. The van der Waals surface area contributed by atoms with E-state index in [1.54, 1.807) is 18.2 Å². The van der Waals surface area contributed by atoms with E-state index < -0.39 is 0 Å². The zero-order chi connectivity index (χ0) is 23.3. The SMILES string of the molecule is CCCCNC(=O)CN1C(=O)COc2ccc(C(=O)COc3c(C)cc(C)cc3C)cc21. The first-order chi connectivity index (χ1) is 15.3. The van der Waals surface area contributed by atoms with Gasteiger partial charge in [-0.25, -0.2) is 0 Å². The number of hydrogen-bond donors (Lipinski definition) is 1. The molecule has 0 spiro atoms. The Hall–Kier alpha value is -3.35. The number of fused-ring (bicyclic) bond motifs is 1. The number of benzene rings is 2. The van der Waals surface area contributed by atoms with Crippen molar-refractivity contribution in [2.24, 2.45) is 0 Å². The lowest BCUT2D eigenvalue weighted by Gasteiger charge is -2.29. The molecule has 0 unspecified atom stereocenters. The number of ketones is 1. The van der Waals surface area contributed by atoms with Gasteiger partial charge < -0.3 is 14.8 Å². The number of carbonyl (C=O) groups is 3. The minimum atomic E-state index is -0.324. The summed E-state index contributed by atoms with van der Waals surface area (Å²) >= 11 is 0. The van der Waals surface area contributed by atoms with Gasteiger partial charge in [0.25, 0.3) is 5.91 Å². The van der Waals surface area contributed by atoms with Crippen molar-refractivity contribution in [2.75, 3.05) is 31.2 Å². The van der Waals surface area contributed by atoms with Crippen LogP contribution < -0.4 is 19.7 Å². The highest BCUT2D eigenvalue weighted by molar-refractivity contribution is 6.04. The summed E-state index contributed by atoms with van der Waals surface area (Å²) < 4.78 is 11.3. The topological polar surface area (TPSA) is 84.9 Å². The standard InChI is InChI=1S/C25H30N2O5/c1-5-6-9-26-23(29)13-27-20-12-19(7-8-22(20)31-15-24(27)30)21(28)14-32-25-17(3)10-16(2)11-18(25)4/h7-8,10-12H,5-6,9,13-15H2,1-4H3,(H,26,29). The number of carbonyl (C=O) groups excluding carboxylic acids is 3. The quantitative estimate of drug-likeness (QED) is 0.478. The summed E-state index contributed by atoms with van der Waals surface area (Å²) in [7, 11) is 0. The summed E-state index contributed by atoms with van der Waals surface area (Å²) in [6, 6.07) is 8.91. The van der Waals surface area contributed by atoms with Gasteiger partial charge in [-0.15, -0.1) is 0 Å². The lowest BCUT2D eigenvalue weighted by Crippen LogP contribution is -2.45. The second kappa shape index (κ2) is 10.3. The first-order valence-corrected chi connectivity index (χ1v) is 10.9. The Balaban J connectivity index is 1.74. The average Bonchev–Trinajstić information content (AvgIpc) is 2.74. The molecular formula is C25H30N2O5. The maximum Gasteiger partial charge on any atom is 0.265 e. The predicted molar refractivity (Wildman–Crippen MR) is 123 cm³/mol. The van der Waals surface area contributed by atoms with Crippen molar-refractivity contribution in [1.29, 1.82) is 0 Å². The summed E-state index contributed by atoms with van der Waals surface area (Å²) in [5.41, 5.74) is 3.89. The fourth-order valence-electron chi connectivity index (χ4n) is 3.77. The number of amides is 2. The molecule has 0 aromatic heterocycles. The van der Waals surface area contributed by atoms with E-state index in [0.29, 0.717) is 29.3 Å². The molecule has 2 amide bonds. The Morgan fingerprint density at radius 1 is 1.12 bits per heavy atom. The molecule has 32 heavy (non-hydrogen) atoms. The molecule has 1 N–H and O–H groups in total. The second-order valence-corrected chi connectivity index (χ2v) is 8.09. The lowest BCUT2D eigenvalue weighted by atomic mass is 10.1. The monoisotopic (exact) mass is 438 g/mol. The lowest BCUT2D eigenvalue weighted by molar-refractivity contribution is -0.125. The average molecular weight is 439 g/mol. The molecule has 7 nitrogen and oxygen atoms in total. The Morgan fingerprint density at radius 2 is 1.84 bits per heavy atom. The highest BCUT2D eigenvalue weighted by atomic mass is 16.5. The van der Waals surface area contributed by atoms with Crippen molar-refractivity contribution in [3.63, 3.8) is 0 Å². The van der Waals surface area contributed by atoms with Gasteiger partial charge >= 0.3 is 0 Å². The van der Waals surface area contributed by atoms with E-state index >= 15 is 0 Å². The van der Waals surface area contributed by atoms with E-state index in [2.05, 4.69) is 5.32 Å². The van der Waals surface area contributed by atoms with Gasteiger partial charge in [0.15, 0.2) is 19.0 Å². The van der Waals surface area contributed by atoms with E-state index in [9.17, 15) is 14.4 Å². The van der Waals surface area contributed by atoms with Gasteiger partial charge in [0, 0.05) is 12.1 Å². The fourth-order valence-corrected chi connectivity index (χ4v) is 3.77. The Kier molecular flexibility index (Phi) is 7.51. The van der Waals surface area contributed by atoms with Crippen LogP contribution in [0.1, 0.15) is 46.8 Å². The van der Waals surface area contributed by atoms with E-state index in [0.717, 1.165) is 29.5 Å². The van der Waals surface area contributed by atoms with Crippen LogP contribution in [0.2, 0.25) is 0 Å². The molecular weight excluding hydrogens is 408 g/mol. The molecule has 2 aromatic rings. The van der Waals surface area contributed by atoms with Crippen LogP contribution in [0.5, 0.6) is 11.5 Å². The van der Waals surface area contributed by atoms with Gasteiger partial charge in [-0.2, -0.15) is 0 Å². The van der Waals surface area contributed by atoms with Crippen molar-refractivity contribution in [3.8, 4) is 11.5 Å². The first kappa shape index (κ1) is 23.3. The second-order valence-electron chi connectivity index (χ2n) is 8.09. The molecule has 1 heterocycles. The van der Waals surface area contributed by atoms with Crippen LogP contribution in [0.25, 0.3) is 0 Å². The molecule has 0 atom stereocenters. The van der Waals surface area contributed by atoms with Crippen LogP contribution in [0, 0.1) is 20.8 Å². The Bertz CT molecular complexity index is 1010. The van der Waals surface area contributed by atoms with Gasteiger partial charge in [0.05, 0.1) is 5.69 Å². The van der Waals surface area contributed by atoms with Gasteiger partial charge in [0.2, 0.25) is 5.91 Å². The van der Waals surface area contributed by atoms with Crippen LogP contribution in [0.4, 0.5) is 5.69 Å². The fraction of sp³-hybridized carbons (Fsp3) is 0.400. The van der Waals surface area contributed by atoms with Crippen molar-refractivity contribution in [1.82, 2.24) is 5.32 Å². The molecule has 0 aliphatic carbocycles. The maximum absolute atomic E-state index is 12.8. The van der Waals surface area contributed by atoms with E-state index in [4.69, 9.17) is 9.47 Å². The number of aryl methyl sites for hydroxylation is 3. The molecule has 170 valence electrons. The normalized spacial score (nSPS) is 12.8. The number of ether oxygens (including phenoxy) is 2. The highest BCUT2D eigenvalue weighted by Crippen LogP contribution is 2.33. The molecule has 0 bridgehead atoms. The molecule has 0 fully saturated rings. The molecule has 7 heteroatoms. The van der Waals surface area contributed by atoms with E-state index in [-0.39, 0.29) is 37.4 Å². The molecule has 1 aliphatic rings. The van der Waals surface area contributed by atoms with E-state index in [1.165, 1.54) is 4.90 Å². The minimum Gasteiger partial charge on any atom is -0.485 e. The summed E-state index contributed by atoms with van der Waals surface area (Å²) in [4.78, 5) is 38.9. The van der Waals surface area contributed by atoms with Crippen molar-refractivity contribution in [2.45, 2.75) is 40.5 Å². The zero-order valence-electron chi connectivity index (χ0n) is 19.1. The number of nitrogens with zero attached hydrogens (tertiary/aromatic N) is 1. The van der Waals surface area contributed by atoms with Crippen molar-refractivity contribution >= 4 is 23.3 Å². The third-order valence-electron chi connectivity index (χ3n) is 5.33. The summed E-state index contributed by atoms with van der Waals surface area (Å²) in [6.07, 6.45) is 1.84. The molecule has 3 rings (SSSR count). The van der Waals surface area contributed by atoms with Crippen LogP contribution in [0.3, 0.4) is 0 Å². The summed E-state index contributed by atoms with van der Waals surface area (Å²) in [5, 5.41) is 2.81. The molecule has 0 radical (unpaired) electrons. The van der Waals surface area contributed by atoms with Crippen LogP contribution in [-0.4, -0.2) is 43.9 Å². The van der Waals surface area contributed by atoms with Crippen LogP contribution >= 0.6 is 0 Å². The van der Waals surface area contributed by atoms with Gasteiger partial charge in [0.1, 0.15) is 18.0 Å². The van der Waals surface area contributed by atoms with Crippen molar-refractivity contribution in [3.05, 3.63) is 52.6 Å². The van der Waals surface area contributed by atoms with E-state index in [1.807, 2.05) is 39.8 Å². The number of nitrogens with one attached hydrogen (secondary N) is 1. The Labute approximate surface area is 188 Å². The van der Waals surface area contributed by atoms with Crippen LogP contribution in [-0.2, 0) is 9.59 Å². The number of Topliss-reactive ketones (excluding diaryl/α,β-unsaturated/α-hetero) is 1. The summed E-state index contributed by atoms with van der Waals surface area (Å²) in [5.74, 6) is 0.372. The number of rotatable bonds is 9.